The summed E-state index contributed by atoms with van der Waals surface area (Å²) < 4.78 is 0. The molecule has 7 heteroatoms. The first-order valence-corrected chi connectivity index (χ1v) is 8.88. The predicted molar refractivity (Wildman–Crippen MR) is 94.2 cm³/mol. The second-order valence-electron chi connectivity index (χ2n) is 6.26. The monoisotopic (exact) mass is 366 g/mol. The normalized spacial score (nSPS) is 15.6. The van der Waals surface area contributed by atoms with Crippen LogP contribution in [0.4, 0.5) is 0 Å². The van der Waals surface area contributed by atoms with Crippen molar-refractivity contribution in [1.82, 2.24) is 10.6 Å². The van der Waals surface area contributed by atoms with E-state index in [0.717, 1.165) is 25.7 Å². The van der Waals surface area contributed by atoms with Crippen LogP contribution in [0, 0.1) is 5.92 Å². The van der Waals surface area contributed by atoms with E-state index in [9.17, 15) is 14.4 Å². The van der Waals surface area contributed by atoms with Crippen LogP contribution in [0.15, 0.2) is 24.3 Å². The summed E-state index contributed by atoms with van der Waals surface area (Å²) in [5.74, 6) is -1.29. The van der Waals surface area contributed by atoms with Gasteiger partial charge in [0.15, 0.2) is 0 Å². The SMILES string of the molecule is O=C(O)C[C@H](NC(=O)CCNC(=O)C1CCCC1)c1ccccc1Cl. The Morgan fingerprint density at radius 2 is 1.88 bits per heavy atom. The van der Waals surface area contributed by atoms with Crippen LogP contribution in [0.3, 0.4) is 0 Å². The zero-order valence-electron chi connectivity index (χ0n) is 14.0. The van der Waals surface area contributed by atoms with Gasteiger partial charge in [-0.2, -0.15) is 0 Å². The van der Waals surface area contributed by atoms with Crippen molar-refractivity contribution < 1.29 is 19.5 Å². The number of halogens is 1. The third-order valence-corrected chi connectivity index (χ3v) is 4.72. The molecule has 2 amide bonds. The third kappa shape index (κ3) is 6.05. The lowest BCUT2D eigenvalue weighted by atomic mass is 10.0. The number of benzene rings is 1. The maximum atomic E-state index is 12.1. The Bertz CT molecular complexity index is 629. The molecule has 1 atom stereocenters. The molecule has 0 bridgehead atoms. The number of hydrogen-bond acceptors (Lipinski definition) is 3. The summed E-state index contributed by atoms with van der Waals surface area (Å²) in [6, 6.07) is 6.12. The molecule has 1 aromatic carbocycles. The molecule has 0 aliphatic heterocycles. The molecule has 0 aromatic heterocycles. The van der Waals surface area contributed by atoms with E-state index in [4.69, 9.17) is 16.7 Å². The van der Waals surface area contributed by atoms with Crippen LogP contribution in [0.5, 0.6) is 0 Å². The van der Waals surface area contributed by atoms with Crippen molar-refractivity contribution in [2.75, 3.05) is 6.54 Å². The molecule has 6 nitrogen and oxygen atoms in total. The molecule has 2 rings (SSSR count). The second-order valence-corrected chi connectivity index (χ2v) is 6.67. The van der Waals surface area contributed by atoms with Crippen molar-refractivity contribution in [2.45, 2.75) is 44.6 Å². The number of hydrogen-bond donors (Lipinski definition) is 3. The number of carbonyl (C=O) groups is 3. The summed E-state index contributed by atoms with van der Waals surface area (Å²) >= 11 is 6.10. The van der Waals surface area contributed by atoms with Crippen molar-refractivity contribution in [3.8, 4) is 0 Å². The Hall–Kier alpha value is -2.08. The lowest BCUT2D eigenvalue weighted by Gasteiger charge is -2.19. The molecule has 0 heterocycles. The minimum absolute atomic E-state index is 0.00140. The van der Waals surface area contributed by atoms with E-state index in [1.165, 1.54) is 0 Å². The number of rotatable bonds is 8. The summed E-state index contributed by atoms with van der Waals surface area (Å²) in [5, 5.41) is 14.9. The molecule has 0 spiro atoms. The van der Waals surface area contributed by atoms with Crippen LogP contribution in [0.25, 0.3) is 0 Å². The molecule has 3 N–H and O–H groups in total. The van der Waals surface area contributed by atoms with Crippen molar-refractivity contribution in [3.05, 3.63) is 34.9 Å². The van der Waals surface area contributed by atoms with Gasteiger partial charge in [0.25, 0.3) is 0 Å². The Morgan fingerprint density at radius 1 is 1.20 bits per heavy atom. The highest BCUT2D eigenvalue weighted by Crippen LogP contribution is 2.25. The summed E-state index contributed by atoms with van der Waals surface area (Å²) in [6.07, 6.45) is 3.81. The smallest absolute Gasteiger partial charge is 0.305 e. The lowest BCUT2D eigenvalue weighted by molar-refractivity contribution is -0.137. The minimum Gasteiger partial charge on any atom is -0.481 e. The lowest BCUT2D eigenvalue weighted by Crippen LogP contribution is -2.35. The van der Waals surface area contributed by atoms with Gasteiger partial charge >= 0.3 is 5.97 Å². The van der Waals surface area contributed by atoms with E-state index in [1.54, 1.807) is 24.3 Å². The topological polar surface area (TPSA) is 95.5 Å². The average Bonchev–Trinajstić information content (AvgIpc) is 3.08. The Kier molecular flexibility index (Phi) is 7.25. The zero-order chi connectivity index (χ0) is 18.2. The minimum atomic E-state index is -1.03. The molecular weight excluding hydrogens is 344 g/mol. The van der Waals surface area contributed by atoms with Crippen LogP contribution in [0.2, 0.25) is 5.02 Å². The molecule has 0 saturated heterocycles. The number of carboxylic acids is 1. The van der Waals surface area contributed by atoms with Gasteiger partial charge in [0.2, 0.25) is 11.8 Å². The Labute approximate surface area is 151 Å². The molecule has 1 saturated carbocycles. The molecule has 1 fully saturated rings. The molecule has 25 heavy (non-hydrogen) atoms. The third-order valence-electron chi connectivity index (χ3n) is 4.37. The Balaban J connectivity index is 1.85. The van der Waals surface area contributed by atoms with Gasteiger partial charge in [0.05, 0.1) is 12.5 Å². The first-order valence-electron chi connectivity index (χ1n) is 8.50. The Morgan fingerprint density at radius 3 is 2.52 bits per heavy atom. The summed E-state index contributed by atoms with van der Waals surface area (Å²) in [6.45, 7) is 0.240. The van der Waals surface area contributed by atoms with Gasteiger partial charge in [-0.15, -0.1) is 0 Å². The number of aliphatic carboxylic acids is 1. The average molecular weight is 367 g/mol. The van der Waals surface area contributed by atoms with Crippen LogP contribution < -0.4 is 10.6 Å². The van der Waals surface area contributed by atoms with Crippen LogP contribution in [-0.4, -0.2) is 29.4 Å². The van der Waals surface area contributed by atoms with Crippen LogP contribution >= 0.6 is 11.6 Å². The number of nitrogens with one attached hydrogen (secondary N) is 2. The van der Waals surface area contributed by atoms with Gasteiger partial charge in [-0.3, -0.25) is 14.4 Å². The molecule has 0 radical (unpaired) electrons. The fraction of sp³-hybridized carbons (Fsp3) is 0.500. The standard InChI is InChI=1S/C18H23ClN2O4/c19-14-8-4-3-7-13(14)15(11-17(23)24)21-16(22)9-10-20-18(25)12-5-1-2-6-12/h3-4,7-8,12,15H,1-2,5-6,9-11H2,(H,20,25)(H,21,22)(H,23,24)/t15-/m0/s1. The number of amides is 2. The van der Waals surface area contributed by atoms with E-state index in [-0.39, 0.29) is 37.1 Å². The fourth-order valence-electron chi connectivity index (χ4n) is 3.07. The molecule has 1 aliphatic carbocycles. The van der Waals surface area contributed by atoms with Crippen molar-refractivity contribution in [1.29, 1.82) is 0 Å². The predicted octanol–water partition coefficient (Wildman–Crippen LogP) is 2.67. The molecule has 1 aliphatic rings. The van der Waals surface area contributed by atoms with Gasteiger partial charge in [0, 0.05) is 23.9 Å². The zero-order valence-corrected chi connectivity index (χ0v) is 14.7. The number of carboxylic acid groups (broad SMARTS) is 1. The molecule has 1 aromatic rings. The van der Waals surface area contributed by atoms with E-state index >= 15 is 0 Å². The first-order chi connectivity index (χ1) is 12.0. The first kappa shape index (κ1) is 19.2. The van der Waals surface area contributed by atoms with Gasteiger partial charge in [0.1, 0.15) is 0 Å². The molecule has 136 valence electrons. The fourth-order valence-corrected chi connectivity index (χ4v) is 3.34. The summed E-state index contributed by atoms with van der Waals surface area (Å²) in [5.41, 5.74) is 0.565. The van der Waals surface area contributed by atoms with E-state index in [0.29, 0.717) is 10.6 Å². The molecular formula is C18H23ClN2O4. The molecule has 0 unspecified atom stereocenters. The maximum Gasteiger partial charge on any atom is 0.305 e. The van der Waals surface area contributed by atoms with Crippen molar-refractivity contribution in [2.24, 2.45) is 5.92 Å². The van der Waals surface area contributed by atoms with Gasteiger partial charge in [-0.05, 0) is 24.5 Å². The van der Waals surface area contributed by atoms with E-state index in [1.807, 2.05) is 0 Å². The highest BCUT2D eigenvalue weighted by Gasteiger charge is 2.23. The maximum absolute atomic E-state index is 12.1. The van der Waals surface area contributed by atoms with Gasteiger partial charge < -0.3 is 15.7 Å². The highest BCUT2D eigenvalue weighted by molar-refractivity contribution is 6.31. The summed E-state index contributed by atoms with van der Waals surface area (Å²) in [4.78, 5) is 35.1. The van der Waals surface area contributed by atoms with Crippen LogP contribution in [-0.2, 0) is 14.4 Å². The largest absolute Gasteiger partial charge is 0.481 e. The van der Waals surface area contributed by atoms with E-state index in [2.05, 4.69) is 10.6 Å². The van der Waals surface area contributed by atoms with Crippen LogP contribution in [0.1, 0.15) is 50.1 Å². The van der Waals surface area contributed by atoms with Gasteiger partial charge in [-0.1, -0.05) is 42.6 Å². The second kappa shape index (κ2) is 9.42. The van der Waals surface area contributed by atoms with Gasteiger partial charge in [-0.25, -0.2) is 0 Å². The highest BCUT2D eigenvalue weighted by atomic mass is 35.5. The quantitative estimate of drug-likeness (QED) is 0.659. The van der Waals surface area contributed by atoms with Crippen molar-refractivity contribution in [3.63, 3.8) is 0 Å². The van der Waals surface area contributed by atoms with E-state index < -0.39 is 12.0 Å². The summed E-state index contributed by atoms with van der Waals surface area (Å²) in [7, 11) is 0. The number of carbonyl (C=O) groups excluding carboxylic acids is 2. The van der Waals surface area contributed by atoms with Crippen molar-refractivity contribution >= 4 is 29.4 Å².